The zero-order valence-electron chi connectivity index (χ0n) is 29.7. The Morgan fingerprint density at radius 2 is 1.38 bits per heavy atom. The van der Waals surface area contributed by atoms with Gasteiger partial charge in [0.2, 0.25) is 0 Å². The summed E-state index contributed by atoms with van der Waals surface area (Å²) in [6.07, 6.45) is 0.708. The van der Waals surface area contributed by atoms with Gasteiger partial charge in [0.1, 0.15) is 30.9 Å². The lowest BCUT2D eigenvalue weighted by atomic mass is 9.91. The van der Waals surface area contributed by atoms with Crippen molar-refractivity contribution in [2.45, 2.75) is 51.4 Å². The third-order valence-corrected chi connectivity index (χ3v) is 9.13. The molecule has 2 amide bonds. The van der Waals surface area contributed by atoms with E-state index in [2.05, 4.69) is 5.32 Å². The van der Waals surface area contributed by atoms with Crippen molar-refractivity contribution in [3.8, 4) is 5.75 Å². The van der Waals surface area contributed by atoms with Gasteiger partial charge in [0.05, 0.1) is 12.5 Å². The Bertz CT molecular complexity index is 2010. The maximum absolute atomic E-state index is 13.2. The van der Waals surface area contributed by atoms with Gasteiger partial charge in [-0.3, -0.25) is 15.5 Å². The Kier molecular flexibility index (Phi) is 12.3. The van der Waals surface area contributed by atoms with Crippen LogP contribution in [0.1, 0.15) is 53.5 Å². The largest absolute Gasteiger partial charge is 0.490 e. The lowest BCUT2D eigenvalue weighted by Gasteiger charge is -2.31. The number of nitrogens with one attached hydrogen (secondary N) is 2. The molecule has 6 rings (SSSR count). The molecule has 0 aliphatic carbocycles. The van der Waals surface area contributed by atoms with Crippen LogP contribution in [0.15, 0.2) is 121 Å². The van der Waals surface area contributed by atoms with Crippen LogP contribution in [0.5, 0.6) is 5.75 Å². The van der Waals surface area contributed by atoms with E-state index < -0.39 is 12.0 Å². The molecule has 5 aromatic rings. The van der Waals surface area contributed by atoms with Crippen LogP contribution in [0, 0.1) is 5.41 Å². The summed E-state index contributed by atoms with van der Waals surface area (Å²) in [7, 11) is 0. The SMILES string of the molecule is CCOC(=O)C(Cc1ccc2ccc(C(=N)NC(=O)OCc3ccccc3)cc2c1)c1ccc(OC2CCN(C(=O)OCc3ccccc3)CC2)cc1. The van der Waals surface area contributed by atoms with Gasteiger partial charge in [-0.1, -0.05) is 103 Å². The molecule has 1 fully saturated rings. The smallest absolute Gasteiger partial charge is 0.413 e. The van der Waals surface area contributed by atoms with Crippen molar-refractivity contribution in [1.82, 2.24) is 10.2 Å². The number of nitrogens with zero attached hydrogens (tertiary/aromatic N) is 1. The second-order valence-electron chi connectivity index (χ2n) is 12.9. The predicted molar refractivity (Wildman–Crippen MR) is 202 cm³/mol. The number of benzene rings is 5. The fraction of sp³-hybridized carbons (Fsp3) is 0.256. The topological polar surface area (TPSA) is 127 Å². The lowest BCUT2D eigenvalue weighted by Crippen LogP contribution is -2.42. The number of carbonyl (C=O) groups is 3. The molecular formula is C43H43N3O7. The van der Waals surface area contributed by atoms with Gasteiger partial charge in [0.25, 0.3) is 0 Å². The van der Waals surface area contributed by atoms with E-state index >= 15 is 0 Å². The van der Waals surface area contributed by atoms with Crippen molar-refractivity contribution in [2.75, 3.05) is 19.7 Å². The molecule has 1 aliphatic rings. The van der Waals surface area contributed by atoms with Crippen LogP contribution in [-0.4, -0.2) is 54.7 Å². The highest BCUT2D eigenvalue weighted by atomic mass is 16.6. The minimum atomic E-state index is -0.705. The number of likely N-dealkylation sites (tertiary alicyclic amines) is 1. The quantitative estimate of drug-likeness (QED) is 0.0578. The summed E-state index contributed by atoms with van der Waals surface area (Å²) < 4.78 is 22.5. The summed E-state index contributed by atoms with van der Waals surface area (Å²) in [4.78, 5) is 39.9. The number of carbonyl (C=O) groups excluding carboxylic acids is 3. The highest BCUT2D eigenvalue weighted by Gasteiger charge is 2.26. The van der Waals surface area contributed by atoms with E-state index in [1.165, 1.54) is 0 Å². The average molecular weight is 714 g/mol. The molecule has 0 spiro atoms. The first-order chi connectivity index (χ1) is 25.8. The summed E-state index contributed by atoms with van der Waals surface area (Å²) in [5.41, 5.74) is 4.05. The van der Waals surface area contributed by atoms with Crippen molar-refractivity contribution in [3.63, 3.8) is 0 Å². The second-order valence-corrected chi connectivity index (χ2v) is 12.9. The van der Waals surface area contributed by atoms with Crippen LogP contribution in [-0.2, 0) is 38.6 Å². The van der Waals surface area contributed by atoms with Gasteiger partial charge < -0.3 is 23.8 Å². The number of hydrogen-bond donors (Lipinski definition) is 2. The van der Waals surface area contributed by atoms with Gasteiger partial charge >= 0.3 is 18.2 Å². The summed E-state index contributed by atoms with van der Waals surface area (Å²) in [6, 6.07) is 38.0. The molecule has 0 aromatic heterocycles. The minimum absolute atomic E-state index is 0.0426. The Hall–Kier alpha value is -6.16. The Morgan fingerprint density at radius 3 is 2.04 bits per heavy atom. The summed E-state index contributed by atoms with van der Waals surface area (Å²) in [6.45, 7) is 3.50. The number of fused-ring (bicyclic) bond motifs is 1. The molecule has 1 aliphatic heterocycles. The van der Waals surface area contributed by atoms with Crippen molar-refractivity contribution in [3.05, 3.63) is 149 Å². The molecule has 0 bridgehead atoms. The zero-order chi connectivity index (χ0) is 37.0. The lowest BCUT2D eigenvalue weighted by molar-refractivity contribution is -0.144. The van der Waals surface area contributed by atoms with Crippen LogP contribution in [0.3, 0.4) is 0 Å². The van der Waals surface area contributed by atoms with E-state index in [-0.39, 0.29) is 43.8 Å². The van der Waals surface area contributed by atoms with E-state index in [0.717, 1.165) is 33.0 Å². The third-order valence-electron chi connectivity index (χ3n) is 9.13. The molecule has 1 unspecified atom stereocenters. The molecule has 53 heavy (non-hydrogen) atoms. The number of esters is 1. The number of amidine groups is 1. The molecule has 10 nitrogen and oxygen atoms in total. The van der Waals surface area contributed by atoms with Gasteiger partial charge in [-0.15, -0.1) is 0 Å². The Morgan fingerprint density at radius 1 is 0.736 bits per heavy atom. The van der Waals surface area contributed by atoms with Gasteiger partial charge in [-0.05, 0) is 64.6 Å². The number of piperidine rings is 1. The molecule has 1 saturated heterocycles. The molecule has 0 saturated carbocycles. The summed E-state index contributed by atoms with van der Waals surface area (Å²) in [5.74, 6) is -0.246. The predicted octanol–water partition coefficient (Wildman–Crippen LogP) is 8.16. The van der Waals surface area contributed by atoms with Gasteiger partial charge in [0.15, 0.2) is 0 Å². The molecule has 5 aromatic carbocycles. The van der Waals surface area contributed by atoms with E-state index in [4.69, 9.17) is 24.4 Å². The summed E-state index contributed by atoms with van der Waals surface area (Å²) >= 11 is 0. The second kappa shape index (κ2) is 17.9. The van der Waals surface area contributed by atoms with E-state index in [1.54, 1.807) is 17.9 Å². The highest BCUT2D eigenvalue weighted by molar-refractivity contribution is 6.06. The molecule has 1 heterocycles. The average Bonchev–Trinajstić information content (AvgIpc) is 3.19. The van der Waals surface area contributed by atoms with Gasteiger partial charge in [0, 0.05) is 31.5 Å². The monoisotopic (exact) mass is 713 g/mol. The molecular weight excluding hydrogens is 670 g/mol. The Balaban J connectivity index is 1.05. The highest BCUT2D eigenvalue weighted by Crippen LogP contribution is 2.28. The van der Waals surface area contributed by atoms with Crippen molar-refractivity contribution in [1.29, 1.82) is 5.41 Å². The number of ether oxygens (including phenoxy) is 4. The van der Waals surface area contributed by atoms with Crippen LogP contribution >= 0.6 is 0 Å². The first-order valence-electron chi connectivity index (χ1n) is 17.8. The van der Waals surface area contributed by atoms with Crippen LogP contribution < -0.4 is 10.1 Å². The fourth-order valence-corrected chi connectivity index (χ4v) is 6.27. The van der Waals surface area contributed by atoms with E-state index in [1.807, 2.05) is 115 Å². The van der Waals surface area contributed by atoms with Crippen molar-refractivity contribution in [2.24, 2.45) is 0 Å². The minimum Gasteiger partial charge on any atom is -0.490 e. The maximum Gasteiger partial charge on any atom is 0.413 e. The van der Waals surface area contributed by atoms with E-state index in [0.29, 0.717) is 43.7 Å². The van der Waals surface area contributed by atoms with Crippen LogP contribution in [0.25, 0.3) is 10.8 Å². The first kappa shape index (κ1) is 36.6. The molecule has 272 valence electrons. The molecule has 10 heteroatoms. The first-order valence-corrected chi connectivity index (χ1v) is 17.8. The number of alkyl carbamates (subject to hydrolysis) is 1. The van der Waals surface area contributed by atoms with Crippen molar-refractivity contribution < 1.29 is 33.3 Å². The number of hydrogen-bond acceptors (Lipinski definition) is 8. The van der Waals surface area contributed by atoms with Gasteiger partial charge in [-0.2, -0.15) is 0 Å². The molecule has 1 atom stereocenters. The summed E-state index contributed by atoms with van der Waals surface area (Å²) in [5, 5.41) is 12.8. The van der Waals surface area contributed by atoms with Crippen LogP contribution in [0.4, 0.5) is 9.59 Å². The zero-order valence-corrected chi connectivity index (χ0v) is 29.7. The van der Waals surface area contributed by atoms with E-state index in [9.17, 15) is 14.4 Å². The number of amides is 2. The van der Waals surface area contributed by atoms with Crippen LogP contribution in [0.2, 0.25) is 0 Å². The fourth-order valence-electron chi connectivity index (χ4n) is 6.27. The molecule has 0 radical (unpaired) electrons. The maximum atomic E-state index is 13.2. The number of rotatable bonds is 12. The van der Waals surface area contributed by atoms with Crippen molar-refractivity contribution >= 4 is 34.8 Å². The normalized spacial score (nSPS) is 13.5. The Labute approximate surface area is 309 Å². The standard InChI is InChI=1S/C43H43N3O7/c1-2-50-41(47)39(34-17-19-37(20-18-34)53-38-21-23-46(24-22-38)43(49)52-29-31-11-7-4-8-12-31)26-32-13-14-33-15-16-35(27-36(33)25-32)40(44)45-42(48)51-28-30-9-5-3-6-10-30/h3-20,25,27,38-39H,2,21-24,26,28-29H2,1H3,(H2,44,45,48). The molecule has 2 N–H and O–H groups in total. The van der Waals surface area contributed by atoms with Gasteiger partial charge in [-0.25, -0.2) is 9.59 Å². The third kappa shape index (κ3) is 10.2.